The summed E-state index contributed by atoms with van der Waals surface area (Å²) in [5.41, 5.74) is 18.1. The smallest absolute Gasteiger partial charge is 0.170 e. The average molecular weight is 728 g/mol. The Bertz CT molecular complexity index is 2960. The second-order valence-electron chi connectivity index (χ2n) is 15.0. The van der Waals surface area contributed by atoms with E-state index in [9.17, 15) is 0 Å². The minimum absolute atomic E-state index is 0.529. The molecule has 1 spiro atoms. The Kier molecular flexibility index (Phi) is 6.84. The lowest BCUT2D eigenvalue weighted by Gasteiger charge is -2.31. The van der Waals surface area contributed by atoms with E-state index >= 15 is 0 Å². The molecule has 57 heavy (non-hydrogen) atoms. The Morgan fingerprint density at radius 1 is 0.281 bits per heavy atom. The molecule has 2 heterocycles. The van der Waals surface area contributed by atoms with E-state index in [4.69, 9.17) is 14.5 Å². The molecule has 0 saturated heterocycles. The summed E-state index contributed by atoms with van der Waals surface area (Å²) in [6.07, 6.45) is 0. The molecule has 2 aliphatic carbocycles. The van der Waals surface area contributed by atoms with E-state index in [2.05, 4.69) is 170 Å². The maximum absolute atomic E-state index is 6.56. The first-order valence-corrected chi connectivity index (χ1v) is 19.4. The first-order valence-electron chi connectivity index (χ1n) is 19.4. The standard InChI is InChI=1S/C54H33NO2/c1-3-13-34(14-4-1)39-30-48(36-15-5-2-6-16-36)55-49(31-39)37-25-23-35(24-26-37)38-27-28-42-43-32-52-53(57-51-22-12-11-21-50(51)56-52)33-47(43)54(46(42)29-38)44-19-9-7-17-40(44)41-18-8-10-20-45(41)54/h1-33H. The number of pyridine rings is 1. The molecule has 3 heteroatoms. The number of hydrogen-bond acceptors (Lipinski definition) is 3. The maximum Gasteiger partial charge on any atom is 0.170 e. The molecule has 0 unspecified atom stereocenters. The number of aromatic nitrogens is 1. The highest BCUT2D eigenvalue weighted by atomic mass is 16.6. The Morgan fingerprint density at radius 3 is 1.39 bits per heavy atom. The molecule has 3 aliphatic rings. The van der Waals surface area contributed by atoms with Crippen LogP contribution in [0.2, 0.25) is 0 Å². The van der Waals surface area contributed by atoms with Gasteiger partial charge >= 0.3 is 0 Å². The Balaban J connectivity index is 1.01. The lowest BCUT2D eigenvalue weighted by atomic mass is 9.70. The second kappa shape index (κ2) is 12.3. The highest BCUT2D eigenvalue weighted by molar-refractivity contribution is 5.97. The van der Waals surface area contributed by atoms with E-state index in [1.165, 1.54) is 50.1 Å². The molecular weight excluding hydrogens is 695 g/mol. The molecular formula is C54H33NO2. The van der Waals surface area contributed by atoms with Crippen LogP contribution in [-0.4, -0.2) is 4.98 Å². The molecule has 0 saturated carbocycles. The summed E-state index contributed by atoms with van der Waals surface area (Å²) in [7, 11) is 0. The molecule has 9 aromatic rings. The van der Waals surface area contributed by atoms with Crippen molar-refractivity contribution in [3.05, 3.63) is 222 Å². The first kappa shape index (κ1) is 31.8. The molecule has 3 nitrogen and oxygen atoms in total. The minimum atomic E-state index is -0.529. The molecule has 0 N–H and O–H groups in total. The third kappa shape index (κ3) is 4.76. The lowest BCUT2D eigenvalue weighted by Crippen LogP contribution is -2.26. The fraction of sp³-hybridized carbons (Fsp3) is 0.0185. The molecule has 0 fully saturated rings. The Labute approximate surface area is 331 Å². The maximum atomic E-state index is 6.56. The van der Waals surface area contributed by atoms with E-state index in [0.717, 1.165) is 62.2 Å². The van der Waals surface area contributed by atoms with Crippen molar-refractivity contribution in [1.29, 1.82) is 0 Å². The van der Waals surface area contributed by atoms with Crippen LogP contribution in [0.25, 0.3) is 67.0 Å². The van der Waals surface area contributed by atoms with Crippen LogP contribution in [0.4, 0.5) is 0 Å². The van der Waals surface area contributed by atoms with Crippen molar-refractivity contribution in [2.24, 2.45) is 0 Å². The highest BCUT2D eigenvalue weighted by Crippen LogP contribution is 2.65. The fourth-order valence-electron chi connectivity index (χ4n) is 9.40. The van der Waals surface area contributed by atoms with Gasteiger partial charge in [0.2, 0.25) is 0 Å². The Hall–Kier alpha value is -7.49. The van der Waals surface area contributed by atoms with Crippen molar-refractivity contribution < 1.29 is 9.47 Å². The molecule has 12 rings (SSSR count). The summed E-state index contributed by atoms with van der Waals surface area (Å²) in [6.45, 7) is 0. The van der Waals surface area contributed by atoms with Gasteiger partial charge in [-0.05, 0) is 109 Å². The van der Waals surface area contributed by atoms with Gasteiger partial charge in [0, 0.05) is 11.1 Å². The van der Waals surface area contributed by atoms with Crippen molar-refractivity contribution >= 4 is 0 Å². The zero-order chi connectivity index (χ0) is 37.5. The van der Waals surface area contributed by atoms with Gasteiger partial charge in [0.1, 0.15) is 0 Å². The van der Waals surface area contributed by atoms with Crippen molar-refractivity contribution in [2.45, 2.75) is 5.41 Å². The van der Waals surface area contributed by atoms with E-state index in [0.29, 0.717) is 0 Å². The summed E-state index contributed by atoms with van der Waals surface area (Å²) >= 11 is 0. The van der Waals surface area contributed by atoms with Crippen LogP contribution in [0.15, 0.2) is 200 Å². The highest BCUT2D eigenvalue weighted by Gasteiger charge is 2.52. The predicted molar refractivity (Wildman–Crippen MR) is 229 cm³/mol. The van der Waals surface area contributed by atoms with Gasteiger partial charge in [0.05, 0.1) is 16.8 Å². The molecule has 1 aromatic heterocycles. The topological polar surface area (TPSA) is 31.4 Å². The van der Waals surface area contributed by atoms with Crippen LogP contribution in [0.3, 0.4) is 0 Å². The van der Waals surface area contributed by atoms with Crippen molar-refractivity contribution in [2.75, 3.05) is 0 Å². The zero-order valence-corrected chi connectivity index (χ0v) is 30.8. The molecule has 0 radical (unpaired) electrons. The average Bonchev–Trinajstić information content (AvgIpc) is 3.74. The van der Waals surface area contributed by atoms with Crippen molar-refractivity contribution in [3.8, 4) is 90.0 Å². The van der Waals surface area contributed by atoms with E-state index in [1.807, 2.05) is 30.3 Å². The van der Waals surface area contributed by atoms with Gasteiger partial charge in [-0.1, -0.05) is 158 Å². The summed E-state index contributed by atoms with van der Waals surface area (Å²) in [5.74, 6) is 2.92. The summed E-state index contributed by atoms with van der Waals surface area (Å²) in [6, 6.07) is 71.3. The molecule has 8 aromatic carbocycles. The van der Waals surface area contributed by atoms with E-state index in [-0.39, 0.29) is 0 Å². The second-order valence-corrected chi connectivity index (χ2v) is 15.0. The zero-order valence-electron chi connectivity index (χ0n) is 30.8. The van der Waals surface area contributed by atoms with Gasteiger partial charge in [-0.3, -0.25) is 0 Å². The summed E-state index contributed by atoms with van der Waals surface area (Å²) < 4.78 is 13.0. The van der Waals surface area contributed by atoms with Crippen molar-refractivity contribution in [3.63, 3.8) is 0 Å². The molecule has 1 aliphatic heterocycles. The molecule has 0 atom stereocenters. The van der Waals surface area contributed by atoms with E-state index < -0.39 is 5.41 Å². The first-order chi connectivity index (χ1) is 28.2. The molecule has 0 amide bonds. The normalized spacial score (nSPS) is 13.3. The van der Waals surface area contributed by atoms with Crippen LogP contribution in [-0.2, 0) is 5.41 Å². The summed E-state index contributed by atoms with van der Waals surface area (Å²) in [5, 5.41) is 0. The van der Waals surface area contributed by atoms with Gasteiger partial charge in [-0.25, -0.2) is 4.98 Å². The number of ether oxygens (including phenoxy) is 2. The van der Waals surface area contributed by atoms with Crippen LogP contribution in [0.5, 0.6) is 23.0 Å². The van der Waals surface area contributed by atoms with Gasteiger partial charge < -0.3 is 9.47 Å². The minimum Gasteiger partial charge on any atom is -0.450 e. The lowest BCUT2D eigenvalue weighted by molar-refractivity contribution is 0.359. The quantitative estimate of drug-likeness (QED) is 0.181. The molecule has 0 bridgehead atoms. The number of para-hydroxylation sites is 2. The van der Waals surface area contributed by atoms with Crippen LogP contribution in [0.1, 0.15) is 22.3 Å². The van der Waals surface area contributed by atoms with Crippen LogP contribution < -0.4 is 9.47 Å². The number of rotatable bonds is 4. The summed E-state index contributed by atoms with van der Waals surface area (Å²) in [4.78, 5) is 5.19. The SMILES string of the molecule is c1ccc(-c2cc(-c3ccccc3)nc(-c3ccc(-c4ccc5c(c4)C4(c6ccccc6-c6ccccc64)c4cc6c(cc4-5)Oc4ccccc4O6)cc3)c2)cc1. The number of nitrogens with zero attached hydrogens (tertiary/aromatic N) is 1. The van der Waals surface area contributed by atoms with Crippen LogP contribution >= 0.6 is 0 Å². The third-order valence-corrected chi connectivity index (χ3v) is 12.0. The van der Waals surface area contributed by atoms with Gasteiger partial charge in [0.15, 0.2) is 23.0 Å². The van der Waals surface area contributed by atoms with Gasteiger partial charge in [-0.15, -0.1) is 0 Å². The predicted octanol–water partition coefficient (Wildman–Crippen LogP) is 14.0. The monoisotopic (exact) mass is 727 g/mol. The van der Waals surface area contributed by atoms with Crippen molar-refractivity contribution in [1.82, 2.24) is 4.98 Å². The van der Waals surface area contributed by atoms with E-state index in [1.54, 1.807) is 0 Å². The Morgan fingerprint density at radius 2 is 0.737 bits per heavy atom. The third-order valence-electron chi connectivity index (χ3n) is 12.0. The van der Waals surface area contributed by atoms with Crippen LogP contribution in [0, 0.1) is 0 Å². The fourth-order valence-corrected chi connectivity index (χ4v) is 9.40. The number of fused-ring (bicyclic) bond motifs is 12. The number of hydrogen-bond donors (Lipinski definition) is 0. The molecule has 266 valence electrons. The van der Waals surface area contributed by atoms with Gasteiger partial charge in [0.25, 0.3) is 0 Å². The number of benzene rings is 8. The van der Waals surface area contributed by atoms with Gasteiger partial charge in [-0.2, -0.15) is 0 Å². The largest absolute Gasteiger partial charge is 0.450 e.